The molecule has 0 bridgehead atoms. The Balaban J connectivity index is 1.39. The Hall–Kier alpha value is -3.95. The summed E-state index contributed by atoms with van der Waals surface area (Å²) in [5, 5.41) is 9.64. The van der Waals surface area contributed by atoms with E-state index in [1.165, 1.54) is 0 Å². The zero-order valence-corrected chi connectivity index (χ0v) is 26.2. The largest absolute Gasteiger partial charge is 0.381 e. The zero-order chi connectivity index (χ0) is 31.0. The van der Waals surface area contributed by atoms with E-state index in [0.717, 1.165) is 77.4 Å². The van der Waals surface area contributed by atoms with Gasteiger partial charge in [0.05, 0.1) is 5.41 Å². The first-order valence-corrected chi connectivity index (χ1v) is 15.9. The quantitative estimate of drug-likeness (QED) is 0.319. The molecule has 6 rings (SSSR count). The number of fused-ring (bicyclic) bond motifs is 2. The SMILES string of the molecule is CCN(c1cc(-c2ccc3c(c2)NC(=O)C32CCOCC2)cc(C(=O)NCc2c(C)cc(C)[nH]c2=O)c1C)C1CCNCC1. The first-order valence-electron chi connectivity index (χ1n) is 15.9. The first kappa shape index (κ1) is 30.1. The molecule has 0 saturated carbocycles. The second kappa shape index (κ2) is 12.2. The molecule has 0 aliphatic carbocycles. The lowest BCUT2D eigenvalue weighted by molar-refractivity contribution is -0.124. The molecule has 9 heteroatoms. The Bertz CT molecular complexity index is 1650. The van der Waals surface area contributed by atoms with Crippen LogP contribution in [0.4, 0.5) is 11.4 Å². The topological polar surface area (TPSA) is 116 Å². The summed E-state index contributed by atoms with van der Waals surface area (Å²) >= 11 is 0. The van der Waals surface area contributed by atoms with Crippen molar-refractivity contribution in [2.45, 2.75) is 71.4 Å². The van der Waals surface area contributed by atoms with Gasteiger partial charge in [-0.3, -0.25) is 14.4 Å². The van der Waals surface area contributed by atoms with E-state index in [1.54, 1.807) is 0 Å². The van der Waals surface area contributed by atoms with Crippen LogP contribution in [-0.4, -0.2) is 55.7 Å². The second-order valence-corrected chi connectivity index (χ2v) is 12.5. The van der Waals surface area contributed by atoms with Gasteiger partial charge >= 0.3 is 0 Å². The molecule has 2 aromatic carbocycles. The number of hydrogen-bond acceptors (Lipinski definition) is 6. The highest BCUT2D eigenvalue weighted by Crippen LogP contribution is 2.46. The number of pyridine rings is 1. The van der Waals surface area contributed by atoms with Gasteiger partial charge in [-0.2, -0.15) is 0 Å². The molecule has 232 valence electrons. The van der Waals surface area contributed by atoms with Gasteiger partial charge in [-0.15, -0.1) is 0 Å². The number of nitrogens with one attached hydrogen (secondary N) is 4. The molecule has 3 aliphatic heterocycles. The number of carbonyl (C=O) groups excluding carboxylic acids is 2. The number of ether oxygens (including phenoxy) is 1. The van der Waals surface area contributed by atoms with Crippen molar-refractivity contribution in [2.24, 2.45) is 0 Å². The lowest BCUT2D eigenvalue weighted by Gasteiger charge is -2.37. The normalized spacial score (nSPS) is 17.8. The van der Waals surface area contributed by atoms with Crippen LogP contribution in [0, 0.1) is 20.8 Å². The minimum absolute atomic E-state index is 0.0436. The number of benzene rings is 2. The number of piperidine rings is 1. The van der Waals surface area contributed by atoms with Gasteiger partial charge in [0.1, 0.15) is 0 Å². The van der Waals surface area contributed by atoms with Crippen molar-refractivity contribution >= 4 is 23.2 Å². The summed E-state index contributed by atoms with van der Waals surface area (Å²) in [4.78, 5) is 45.0. The van der Waals surface area contributed by atoms with E-state index in [1.807, 2.05) is 39.0 Å². The number of nitrogens with zero attached hydrogens (tertiary/aromatic N) is 1. The average molecular weight is 598 g/mol. The van der Waals surface area contributed by atoms with Gasteiger partial charge in [-0.05, 0) is 119 Å². The van der Waals surface area contributed by atoms with Crippen LogP contribution in [0.3, 0.4) is 0 Å². The van der Waals surface area contributed by atoms with E-state index < -0.39 is 5.41 Å². The van der Waals surface area contributed by atoms with Crippen molar-refractivity contribution in [1.29, 1.82) is 0 Å². The summed E-state index contributed by atoms with van der Waals surface area (Å²) in [6.07, 6.45) is 3.42. The zero-order valence-electron chi connectivity index (χ0n) is 26.2. The third kappa shape index (κ3) is 5.43. The third-order valence-corrected chi connectivity index (χ3v) is 9.84. The number of aromatic amines is 1. The van der Waals surface area contributed by atoms with Crippen LogP contribution < -0.4 is 26.4 Å². The highest BCUT2D eigenvalue weighted by atomic mass is 16.5. The van der Waals surface area contributed by atoms with Crippen molar-refractivity contribution < 1.29 is 14.3 Å². The molecule has 2 amide bonds. The number of aryl methyl sites for hydroxylation is 2. The molecule has 2 saturated heterocycles. The van der Waals surface area contributed by atoms with E-state index >= 15 is 0 Å². The Morgan fingerprint density at radius 3 is 2.48 bits per heavy atom. The molecule has 44 heavy (non-hydrogen) atoms. The van der Waals surface area contributed by atoms with Crippen LogP contribution in [0.25, 0.3) is 11.1 Å². The van der Waals surface area contributed by atoms with Gasteiger partial charge in [0.25, 0.3) is 11.5 Å². The van der Waals surface area contributed by atoms with Gasteiger partial charge in [0, 0.05) is 60.5 Å². The van der Waals surface area contributed by atoms with Gasteiger partial charge in [-0.25, -0.2) is 0 Å². The smallest absolute Gasteiger partial charge is 0.253 e. The minimum Gasteiger partial charge on any atom is -0.381 e. The molecule has 1 aromatic heterocycles. The maximum absolute atomic E-state index is 13.9. The van der Waals surface area contributed by atoms with Crippen LogP contribution >= 0.6 is 0 Å². The molecule has 4 heterocycles. The van der Waals surface area contributed by atoms with Crippen molar-refractivity contribution in [2.75, 3.05) is 43.1 Å². The molecule has 1 spiro atoms. The number of amides is 2. The van der Waals surface area contributed by atoms with Crippen LogP contribution in [0.2, 0.25) is 0 Å². The molecule has 0 atom stereocenters. The van der Waals surface area contributed by atoms with E-state index in [0.29, 0.717) is 43.2 Å². The summed E-state index contributed by atoms with van der Waals surface area (Å²) in [5.41, 5.74) is 7.74. The predicted molar refractivity (Wildman–Crippen MR) is 174 cm³/mol. The predicted octanol–water partition coefficient (Wildman–Crippen LogP) is 4.48. The summed E-state index contributed by atoms with van der Waals surface area (Å²) in [6.45, 7) is 12.0. The minimum atomic E-state index is -0.532. The molecular weight excluding hydrogens is 554 g/mol. The fourth-order valence-corrected chi connectivity index (χ4v) is 7.33. The summed E-state index contributed by atoms with van der Waals surface area (Å²) in [7, 11) is 0. The molecule has 4 N–H and O–H groups in total. The molecule has 0 unspecified atom stereocenters. The number of carbonyl (C=O) groups is 2. The number of H-pyrrole nitrogens is 1. The van der Waals surface area contributed by atoms with Crippen LogP contribution in [0.15, 0.2) is 41.2 Å². The standard InChI is InChI=1S/C35H43N5O4/c1-5-40(26-8-12-36-13-9-26)31-19-25(24-6-7-29-30(18-24)39-34(43)35(29)10-14-44-15-11-35)17-27(23(31)4)32(41)37-20-28-21(2)16-22(3)38-33(28)42/h6-7,16-19,26,36H,5,8-15,20H2,1-4H3,(H,37,41)(H,38,42)(H,39,43). The van der Waals surface area contributed by atoms with Crippen molar-refractivity contribution in [1.82, 2.24) is 15.6 Å². The fraction of sp³-hybridized carbons (Fsp3) is 0.457. The number of aromatic nitrogens is 1. The third-order valence-electron chi connectivity index (χ3n) is 9.84. The lowest BCUT2D eigenvalue weighted by atomic mass is 9.75. The van der Waals surface area contributed by atoms with Crippen molar-refractivity contribution in [3.8, 4) is 11.1 Å². The van der Waals surface area contributed by atoms with Gasteiger partial charge in [-0.1, -0.05) is 12.1 Å². The van der Waals surface area contributed by atoms with Crippen LogP contribution in [-0.2, 0) is 21.5 Å². The number of rotatable bonds is 7. The molecule has 0 radical (unpaired) electrons. The van der Waals surface area contributed by atoms with Crippen LogP contribution in [0.5, 0.6) is 0 Å². The maximum atomic E-state index is 13.9. The second-order valence-electron chi connectivity index (χ2n) is 12.5. The van der Waals surface area contributed by atoms with Crippen LogP contribution in [0.1, 0.15) is 70.9 Å². The molecule has 3 aromatic rings. The Kier molecular flexibility index (Phi) is 8.35. The first-order chi connectivity index (χ1) is 21.2. The Morgan fingerprint density at radius 1 is 1.02 bits per heavy atom. The molecule has 2 fully saturated rings. The Labute approximate surface area is 258 Å². The fourth-order valence-electron chi connectivity index (χ4n) is 7.33. The molecular formula is C35H43N5O4. The van der Waals surface area contributed by atoms with Gasteiger partial charge in [0.2, 0.25) is 5.91 Å². The molecule has 3 aliphatic rings. The highest BCUT2D eigenvalue weighted by Gasteiger charge is 2.47. The highest BCUT2D eigenvalue weighted by molar-refractivity contribution is 6.07. The lowest BCUT2D eigenvalue weighted by Crippen LogP contribution is -2.43. The summed E-state index contributed by atoms with van der Waals surface area (Å²) in [5.74, 6) is -0.177. The van der Waals surface area contributed by atoms with E-state index in [2.05, 4.69) is 51.0 Å². The van der Waals surface area contributed by atoms with Gasteiger partial charge in [0.15, 0.2) is 0 Å². The molecule has 9 nitrogen and oxygen atoms in total. The summed E-state index contributed by atoms with van der Waals surface area (Å²) in [6, 6.07) is 12.6. The van der Waals surface area contributed by atoms with Gasteiger partial charge < -0.3 is 30.6 Å². The average Bonchev–Trinajstić information content (AvgIpc) is 3.27. The Morgan fingerprint density at radius 2 is 1.77 bits per heavy atom. The van der Waals surface area contributed by atoms with Crippen molar-refractivity contribution in [3.63, 3.8) is 0 Å². The van der Waals surface area contributed by atoms with E-state index in [4.69, 9.17) is 4.74 Å². The monoisotopic (exact) mass is 597 g/mol. The number of anilines is 2. The van der Waals surface area contributed by atoms with Crippen molar-refractivity contribution in [3.05, 3.63) is 80.3 Å². The van der Waals surface area contributed by atoms with E-state index in [9.17, 15) is 14.4 Å². The van der Waals surface area contributed by atoms with E-state index in [-0.39, 0.29) is 23.9 Å². The summed E-state index contributed by atoms with van der Waals surface area (Å²) < 4.78 is 5.58. The number of hydrogen-bond donors (Lipinski definition) is 4. The maximum Gasteiger partial charge on any atom is 0.253 e.